The van der Waals surface area contributed by atoms with Crippen molar-refractivity contribution in [1.82, 2.24) is 24.1 Å². The molecule has 0 aliphatic rings. The van der Waals surface area contributed by atoms with Crippen molar-refractivity contribution in [1.29, 1.82) is 0 Å². The summed E-state index contributed by atoms with van der Waals surface area (Å²) in [6, 6.07) is 6.44. The molecule has 0 fully saturated rings. The fraction of sp³-hybridized carbons (Fsp3) is 0.176. The first-order valence-corrected chi connectivity index (χ1v) is 9.21. The van der Waals surface area contributed by atoms with E-state index in [0.29, 0.717) is 38.8 Å². The molecule has 10 heteroatoms. The standard InChI is InChI=1S/C17H14N6O3S/c1-9-4-5-11(8-13(9)23(25)26)21-7-6-12-14(15(21)24)10(2)18-16-19-17(27-3)20-22(12)16/h4-8H,1-3H3. The van der Waals surface area contributed by atoms with Crippen molar-refractivity contribution in [3.63, 3.8) is 0 Å². The highest BCUT2D eigenvalue weighted by Gasteiger charge is 2.17. The molecule has 0 aliphatic heterocycles. The highest BCUT2D eigenvalue weighted by atomic mass is 32.2. The molecule has 0 atom stereocenters. The Balaban J connectivity index is 2.02. The Morgan fingerprint density at radius 3 is 2.67 bits per heavy atom. The highest BCUT2D eigenvalue weighted by Crippen LogP contribution is 2.22. The van der Waals surface area contributed by atoms with E-state index in [9.17, 15) is 14.9 Å². The van der Waals surface area contributed by atoms with Crippen LogP contribution in [-0.4, -0.2) is 35.3 Å². The van der Waals surface area contributed by atoms with Crippen LogP contribution in [0, 0.1) is 24.0 Å². The maximum atomic E-state index is 13.1. The van der Waals surface area contributed by atoms with Gasteiger partial charge in [-0.15, -0.1) is 5.10 Å². The van der Waals surface area contributed by atoms with Gasteiger partial charge in [0.25, 0.3) is 17.0 Å². The lowest BCUT2D eigenvalue weighted by molar-refractivity contribution is -0.385. The summed E-state index contributed by atoms with van der Waals surface area (Å²) in [5, 5.41) is 16.5. The molecule has 0 amide bonds. The fourth-order valence-electron chi connectivity index (χ4n) is 3.00. The zero-order valence-electron chi connectivity index (χ0n) is 14.7. The van der Waals surface area contributed by atoms with Crippen LogP contribution in [0.5, 0.6) is 0 Å². The lowest BCUT2D eigenvalue weighted by Crippen LogP contribution is -2.20. The summed E-state index contributed by atoms with van der Waals surface area (Å²) in [5.74, 6) is 0.424. The molecule has 0 N–H and O–H groups in total. The average molecular weight is 382 g/mol. The van der Waals surface area contributed by atoms with Crippen molar-refractivity contribution in [2.45, 2.75) is 19.0 Å². The summed E-state index contributed by atoms with van der Waals surface area (Å²) in [4.78, 5) is 32.6. The predicted molar refractivity (Wildman–Crippen MR) is 102 cm³/mol. The van der Waals surface area contributed by atoms with Gasteiger partial charge in [0.05, 0.1) is 27.2 Å². The summed E-state index contributed by atoms with van der Waals surface area (Å²) in [6.45, 7) is 3.39. The Labute approximate surface area is 156 Å². The third kappa shape index (κ3) is 2.65. The molecule has 27 heavy (non-hydrogen) atoms. The average Bonchev–Trinajstić information content (AvgIpc) is 3.05. The van der Waals surface area contributed by atoms with Crippen molar-refractivity contribution in [2.24, 2.45) is 0 Å². The van der Waals surface area contributed by atoms with E-state index in [2.05, 4.69) is 15.1 Å². The van der Waals surface area contributed by atoms with E-state index in [0.717, 1.165) is 0 Å². The molecule has 1 aromatic carbocycles. The molecule has 136 valence electrons. The van der Waals surface area contributed by atoms with Gasteiger partial charge in [0, 0.05) is 17.8 Å². The number of aryl methyl sites for hydroxylation is 2. The van der Waals surface area contributed by atoms with Crippen LogP contribution >= 0.6 is 11.8 Å². The highest BCUT2D eigenvalue weighted by molar-refractivity contribution is 7.98. The van der Waals surface area contributed by atoms with Crippen molar-refractivity contribution in [3.05, 3.63) is 62.2 Å². The lowest BCUT2D eigenvalue weighted by atomic mass is 10.1. The van der Waals surface area contributed by atoms with E-state index < -0.39 is 4.92 Å². The van der Waals surface area contributed by atoms with Gasteiger partial charge < -0.3 is 0 Å². The smallest absolute Gasteiger partial charge is 0.274 e. The largest absolute Gasteiger partial charge is 0.283 e. The summed E-state index contributed by atoms with van der Waals surface area (Å²) in [6.07, 6.45) is 3.44. The van der Waals surface area contributed by atoms with E-state index in [1.165, 1.54) is 26.9 Å². The molecule has 0 spiro atoms. The van der Waals surface area contributed by atoms with Gasteiger partial charge in [-0.05, 0) is 32.2 Å². The van der Waals surface area contributed by atoms with Gasteiger partial charge in [-0.25, -0.2) is 4.98 Å². The molecule has 4 rings (SSSR count). The summed E-state index contributed by atoms with van der Waals surface area (Å²) in [7, 11) is 0. The second-order valence-electron chi connectivity index (χ2n) is 5.99. The molecule has 0 saturated heterocycles. The van der Waals surface area contributed by atoms with Gasteiger partial charge in [0.2, 0.25) is 5.16 Å². The number of nitro groups is 1. The molecule has 0 bridgehead atoms. The van der Waals surface area contributed by atoms with Gasteiger partial charge in [-0.1, -0.05) is 17.8 Å². The van der Waals surface area contributed by atoms with Crippen LogP contribution in [0.4, 0.5) is 5.69 Å². The second-order valence-corrected chi connectivity index (χ2v) is 6.76. The molecule has 0 aliphatic carbocycles. The maximum absolute atomic E-state index is 13.1. The summed E-state index contributed by atoms with van der Waals surface area (Å²) < 4.78 is 2.92. The van der Waals surface area contributed by atoms with E-state index in [1.807, 2.05) is 6.26 Å². The number of nitrogens with zero attached hydrogens (tertiary/aromatic N) is 6. The van der Waals surface area contributed by atoms with Crippen molar-refractivity contribution >= 4 is 34.1 Å². The zero-order valence-corrected chi connectivity index (χ0v) is 15.5. The third-order valence-corrected chi connectivity index (χ3v) is 4.89. The first kappa shape index (κ1) is 17.2. The normalized spacial score (nSPS) is 11.4. The molecule has 3 heterocycles. The van der Waals surface area contributed by atoms with Crippen molar-refractivity contribution in [3.8, 4) is 5.69 Å². The number of aromatic nitrogens is 5. The van der Waals surface area contributed by atoms with Gasteiger partial charge >= 0.3 is 0 Å². The Morgan fingerprint density at radius 1 is 1.19 bits per heavy atom. The fourth-order valence-corrected chi connectivity index (χ4v) is 3.34. The quantitative estimate of drug-likeness (QED) is 0.304. The van der Waals surface area contributed by atoms with Crippen LogP contribution in [0.3, 0.4) is 0 Å². The SMILES string of the molecule is CSc1nc2nc(C)c3c(=O)n(-c4ccc(C)c([N+](=O)[O-])c4)ccc3n2n1. The van der Waals surface area contributed by atoms with E-state index >= 15 is 0 Å². The van der Waals surface area contributed by atoms with E-state index in [4.69, 9.17) is 0 Å². The molecule has 0 radical (unpaired) electrons. The van der Waals surface area contributed by atoms with Crippen LogP contribution in [-0.2, 0) is 0 Å². The third-order valence-electron chi connectivity index (χ3n) is 4.35. The topological polar surface area (TPSA) is 108 Å². The van der Waals surface area contributed by atoms with E-state index in [-0.39, 0.29) is 11.2 Å². The number of pyridine rings is 1. The maximum Gasteiger partial charge on any atom is 0.274 e. The summed E-state index contributed by atoms with van der Waals surface area (Å²) in [5.41, 5.74) is 1.71. The minimum absolute atomic E-state index is 0.0364. The first-order valence-electron chi connectivity index (χ1n) is 7.99. The molecule has 4 aromatic rings. The number of hydrogen-bond acceptors (Lipinski definition) is 7. The van der Waals surface area contributed by atoms with Crippen LogP contribution in [0.1, 0.15) is 11.3 Å². The van der Waals surface area contributed by atoms with Gasteiger partial charge in [0.15, 0.2) is 0 Å². The van der Waals surface area contributed by atoms with Gasteiger partial charge in [0.1, 0.15) is 0 Å². The Bertz CT molecular complexity index is 1290. The van der Waals surface area contributed by atoms with Crippen LogP contribution < -0.4 is 5.56 Å². The Hall–Kier alpha value is -3.27. The number of thioether (sulfide) groups is 1. The minimum atomic E-state index is -0.458. The first-order chi connectivity index (χ1) is 12.9. The minimum Gasteiger partial charge on any atom is -0.283 e. The molecule has 0 saturated carbocycles. The van der Waals surface area contributed by atoms with Gasteiger partial charge in [-0.2, -0.15) is 9.50 Å². The number of rotatable bonds is 3. The number of hydrogen-bond donors (Lipinski definition) is 0. The van der Waals surface area contributed by atoms with Crippen LogP contribution in [0.2, 0.25) is 0 Å². The van der Waals surface area contributed by atoms with Crippen LogP contribution in [0.15, 0.2) is 40.4 Å². The second kappa shape index (κ2) is 6.16. The van der Waals surface area contributed by atoms with Crippen molar-refractivity contribution < 1.29 is 4.92 Å². The van der Waals surface area contributed by atoms with Crippen molar-refractivity contribution in [2.75, 3.05) is 6.26 Å². The van der Waals surface area contributed by atoms with Crippen LogP contribution in [0.25, 0.3) is 22.4 Å². The predicted octanol–water partition coefficient (Wildman–Crippen LogP) is 2.68. The lowest BCUT2D eigenvalue weighted by Gasteiger charge is -2.10. The molecular weight excluding hydrogens is 368 g/mol. The monoisotopic (exact) mass is 382 g/mol. The number of nitro benzene ring substituents is 1. The van der Waals surface area contributed by atoms with E-state index in [1.54, 1.807) is 38.2 Å². The Kier molecular flexibility index (Phi) is 3.92. The van der Waals surface area contributed by atoms with Gasteiger partial charge in [-0.3, -0.25) is 19.5 Å². The summed E-state index contributed by atoms with van der Waals surface area (Å²) >= 11 is 1.39. The Morgan fingerprint density at radius 2 is 1.96 bits per heavy atom. The molecule has 3 aromatic heterocycles. The number of benzene rings is 1. The zero-order chi connectivity index (χ0) is 19.3. The molecule has 9 nitrogen and oxygen atoms in total. The molecular formula is C17H14N6O3S. The molecule has 0 unspecified atom stereocenters. The number of fused-ring (bicyclic) bond motifs is 3.